The molecule has 1 amide bonds. The number of thioether (sulfide) groups is 1. The average molecular weight is 384 g/mol. The van der Waals surface area contributed by atoms with Gasteiger partial charge >= 0.3 is 0 Å². The van der Waals surface area contributed by atoms with E-state index < -0.39 is 0 Å². The Labute approximate surface area is 161 Å². The highest BCUT2D eigenvalue weighted by molar-refractivity contribution is 7.99. The minimum absolute atomic E-state index is 0.0430. The monoisotopic (exact) mass is 384 g/mol. The lowest BCUT2D eigenvalue weighted by Crippen LogP contribution is -2.15. The lowest BCUT2D eigenvalue weighted by molar-refractivity contribution is -0.113. The van der Waals surface area contributed by atoms with Crippen molar-refractivity contribution in [3.8, 4) is 11.4 Å². The van der Waals surface area contributed by atoms with Gasteiger partial charge in [0, 0.05) is 17.8 Å². The number of Topliss-reactive ketones (excluding diaryl/α,β-unsaturated/α-hetero) is 1. The van der Waals surface area contributed by atoms with E-state index >= 15 is 0 Å². The second kappa shape index (κ2) is 8.22. The van der Waals surface area contributed by atoms with E-state index in [1.54, 1.807) is 30.5 Å². The maximum absolute atomic E-state index is 12.3. The highest BCUT2D eigenvalue weighted by atomic mass is 32.2. The molecule has 8 heteroatoms. The van der Waals surface area contributed by atoms with Crippen molar-refractivity contribution >= 4 is 29.1 Å². The van der Waals surface area contributed by atoms with E-state index in [4.69, 9.17) is 4.42 Å². The van der Waals surface area contributed by atoms with Gasteiger partial charge in [0.15, 0.2) is 16.8 Å². The number of furan rings is 1. The molecule has 0 aliphatic carbocycles. The molecule has 27 heavy (non-hydrogen) atoms. The van der Waals surface area contributed by atoms with E-state index in [1.807, 2.05) is 24.5 Å². The van der Waals surface area contributed by atoms with E-state index in [0.29, 0.717) is 23.0 Å². The van der Waals surface area contributed by atoms with Gasteiger partial charge in [-0.3, -0.25) is 9.59 Å². The fraction of sp³-hybridized carbons (Fsp3) is 0.263. The third-order valence-electron chi connectivity index (χ3n) is 4.02. The number of aryl methyl sites for hydroxylation is 1. The van der Waals surface area contributed by atoms with Crippen LogP contribution in [0, 0.1) is 6.92 Å². The summed E-state index contributed by atoms with van der Waals surface area (Å²) in [5, 5.41) is 11.9. The first-order valence-corrected chi connectivity index (χ1v) is 9.49. The normalized spacial score (nSPS) is 10.8. The van der Waals surface area contributed by atoms with Gasteiger partial charge in [-0.15, -0.1) is 10.2 Å². The first-order chi connectivity index (χ1) is 13.0. The molecule has 3 rings (SSSR count). The third kappa shape index (κ3) is 4.28. The van der Waals surface area contributed by atoms with Crippen LogP contribution in [0.5, 0.6) is 0 Å². The highest BCUT2D eigenvalue weighted by Gasteiger charge is 2.17. The van der Waals surface area contributed by atoms with Crippen molar-refractivity contribution < 1.29 is 14.0 Å². The zero-order valence-corrected chi connectivity index (χ0v) is 16.2. The predicted octanol–water partition coefficient (Wildman–Crippen LogP) is 3.80. The summed E-state index contributed by atoms with van der Waals surface area (Å²) in [4.78, 5) is 23.7. The maximum Gasteiger partial charge on any atom is 0.234 e. The Hall–Kier alpha value is -2.87. The summed E-state index contributed by atoms with van der Waals surface area (Å²) in [5.41, 5.74) is 2.05. The van der Waals surface area contributed by atoms with Crippen molar-refractivity contribution in [2.45, 2.75) is 32.5 Å². The van der Waals surface area contributed by atoms with E-state index in [2.05, 4.69) is 15.5 Å². The van der Waals surface area contributed by atoms with Gasteiger partial charge < -0.3 is 14.3 Å². The lowest BCUT2D eigenvalue weighted by atomic mass is 10.1. The number of ketones is 1. The summed E-state index contributed by atoms with van der Waals surface area (Å²) in [7, 11) is 0. The molecule has 0 aliphatic rings. The molecular formula is C19H20N4O3S. The minimum atomic E-state index is -0.174. The predicted molar refractivity (Wildman–Crippen MR) is 104 cm³/mol. The van der Waals surface area contributed by atoms with E-state index in [9.17, 15) is 9.59 Å². The molecule has 1 N–H and O–H groups in total. The van der Waals surface area contributed by atoms with Crippen LogP contribution in [0.4, 0.5) is 5.69 Å². The van der Waals surface area contributed by atoms with E-state index in [1.165, 1.54) is 18.7 Å². The number of amides is 1. The zero-order chi connectivity index (χ0) is 19.4. The summed E-state index contributed by atoms with van der Waals surface area (Å²) in [6.45, 7) is 6.05. The van der Waals surface area contributed by atoms with Crippen molar-refractivity contribution in [1.29, 1.82) is 0 Å². The molecule has 0 unspecified atom stereocenters. The van der Waals surface area contributed by atoms with Gasteiger partial charge in [0.05, 0.1) is 17.6 Å². The van der Waals surface area contributed by atoms with Crippen LogP contribution in [0.1, 0.15) is 30.0 Å². The molecule has 0 atom stereocenters. The zero-order valence-electron chi connectivity index (χ0n) is 15.4. The Kier molecular flexibility index (Phi) is 5.75. The highest BCUT2D eigenvalue weighted by Crippen LogP contribution is 2.27. The van der Waals surface area contributed by atoms with Gasteiger partial charge in [-0.1, -0.05) is 23.9 Å². The van der Waals surface area contributed by atoms with Gasteiger partial charge in [-0.2, -0.15) is 0 Å². The van der Waals surface area contributed by atoms with Gasteiger partial charge in [0.1, 0.15) is 5.76 Å². The molecule has 0 aliphatic heterocycles. The van der Waals surface area contributed by atoms with Crippen LogP contribution in [0.3, 0.4) is 0 Å². The topological polar surface area (TPSA) is 90.0 Å². The van der Waals surface area contributed by atoms with Gasteiger partial charge in [0.25, 0.3) is 0 Å². The Balaban J connectivity index is 1.67. The maximum atomic E-state index is 12.3. The average Bonchev–Trinajstić information content (AvgIpc) is 3.25. The largest absolute Gasteiger partial charge is 0.469 e. The molecule has 1 aromatic carbocycles. The number of carbonyl (C=O) groups excluding carboxylic acids is 2. The van der Waals surface area contributed by atoms with E-state index in [0.717, 1.165) is 17.1 Å². The van der Waals surface area contributed by atoms with Crippen LogP contribution in [-0.4, -0.2) is 32.2 Å². The number of nitrogens with zero attached hydrogens (tertiary/aromatic N) is 3. The van der Waals surface area contributed by atoms with Crippen molar-refractivity contribution in [2.24, 2.45) is 0 Å². The van der Waals surface area contributed by atoms with Gasteiger partial charge in [0.2, 0.25) is 5.91 Å². The molecule has 0 spiro atoms. The minimum Gasteiger partial charge on any atom is -0.469 e. The Bertz CT molecular complexity index is 977. The summed E-state index contributed by atoms with van der Waals surface area (Å²) in [6, 6.07) is 8.74. The van der Waals surface area contributed by atoms with Crippen molar-refractivity contribution in [3.05, 3.63) is 47.9 Å². The molecule has 0 fully saturated rings. The number of hydrogen-bond acceptors (Lipinski definition) is 6. The number of rotatable bonds is 7. The van der Waals surface area contributed by atoms with Crippen LogP contribution < -0.4 is 5.32 Å². The SMILES string of the molecule is CCn1c(SCC(=O)Nc2cccc(C(C)=O)c2)nnc1-c1ccoc1C. The Morgan fingerprint density at radius 2 is 2.07 bits per heavy atom. The van der Waals surface area contributed by atoms with E-state index in [-0.39, 0.29) is 17.4 Å². The van der Waals surface area contributed by atoms with Crippen molar-refractivity contribution in [3.63, 3.8) is 0 Å². The first kappa shape index (κ1) is 18.9. The van der Waals surface area contributed by atoms with Crippen LogP contribution in [0.25, 0.3) is 11.4 Å². The molecule has 2 heterocycles. The van der Waals surface area contributed by atoms with Crippen LogP contribution in [0.2, 0.25) is 0 Å². The molecule has 0 saturated heterocycles. The first-order valence-electron chi connectivity index (χ1n) is 8.51. The summed E-state index contributed by atoms with van der Waals surface area (Å²) in [5.74, 6) is 1.47. The Morgan fingerprint density at radius 1 is 1.26 bits per heavy atom. The van der Waals surface area contributed by atoms with Crippen LogP contribution in [0.15, 0.2) is 46.2 Å². The number of carbonyl (C=O) groups is 2. The van der Waals surface area contributed by atoms with Crippen LogP contribution >= 0.6 is 11.8 Å². The number of anilines is 1. The standard InChI is InChI=1S/C19H20N4O3S/c1-4-23-18(16-8-9-26-13(16)3)21-22-19(23)27-11-17(25)20-15-7-5-6-14(10-15)12(2)24/h5-10H,4,11H2,1-3H3,(H,20,25). The summed E-state index contributed by atoms with van der Waals surface area (Å²) >= 11 is 1.31. The lowest BCUT2D eigenvalue weighted by Gasteiger charge is -2.08. The van der Waals surface area contributed by atoms with Crippen molar-refractivity contribution in [1.82, 2.24) is 14.8 Å². The van der Waals surface area contributed by atoms with Gasteiger partial charge in [-0.25, -0.2) is 0 Å². The molecule has 2 aromatic heterocycles. The number of benzene rings is 1. The number of aromatic nitrogens is 3. The van der Waals surface area contributed by atoms with Gasteiger partial charge in [-0.05, 0) is 39.0 Å². The fourth-order valence-electron chi connectivity index (χ4n) is 2.64. The quantitative estimate of drug-likeness (QED) is 0.492. The summed E-state index contributed by atoms with van der Waals surface area (Å²) in [6.07, 6.45) is 1.62. The second-order valence-electron chi connectivity index (χ2n) is 5.91. The number of hydrogen-bond donors (Lipinski definition) is 1. The molecule has 0 saturated carbocycles. The van der Waals surface area contributed by atoms with Crippen molar-refractivity contribution in [2.75, 3.05) is 11.1 Å². The summed E-state index contributed by atoms with van der Waals surface area (Å²) < 4.78 is 7.29. The fourth-order valence-corrected chi connectivity index (χ4v) is 3.44. The molecule has 140 valence electrons. The number of nitrogens with one attached hydrogen (secondary N) is 1. The molecule has 0 radical (unpaired) electrons. The Morgan fingerprint density at radius 3 is 2.74 bits per heavy atom. The second-order valence-corrected chi connectivity index (χ2v) is 6.86. The smallest absolute Gasteiger partial charge is 0.234 e. The van der Waals surface area contributed by atoms with Crippen LogP contribution in [-0.2, 0) is 11.3 Å². The third-order valence-corrected chi connectivity index (χ3v) is 4.98. The molecule has 7 nitrogen and oxygen atoms in total. The molecule has 0 bridgehead atoms. The molecule has 3 aromatic rings. The molecular weight excluding hydrogens is 364 g/mol.